The van der Waals surface area contributed by atoms with E-state index in [-0.39, 0.29) is 6.03 Å². The zero-order chi connectivity index (χ0) is 17.4. The number of ether oxygens (including phenoxy) is 1. The van der Waals surface area contributed by atoms with Crippen LogP contribution in [0.5, 0.6) is 5.75 Å². The van der Waals surface area contributed by atoms with E-state index in [4.69, 9.17) is 4.74 Å². The molecular weight excluding hydrogens is 316 g/mol. The van der Waals surface area contributed by atoms with Crippen molar-refractivity contribution in [3.05, 3.63) is 48.2 Å². The van der Waals surface area contributed by atoms with Gasteiger partial charge in [0.05, 0.1) is 24.8 Å². The Hall–Kier alpha value is -3.02. The zero-order valence-electron chi connectivity index (χ0n) is 14.3. The number of nitrogens with zero attached hydrogens (tertiary/aromatic N) is 3. The van der Waals surface area contributed by atoms with Gasteiger partial charge < -0.3 is 15.0 Å². The summed E-state index contributed by atoms with van der Waals surface area (Å²) in [7, 11) is 3.60. The van der Waals surface area contributed by atoms with Crippen molar-refractivity contribution in [3.63, 3.8) is 0 Å². The lowest BCUT2D eigenvalue weighted by Gasteiger charge is -2.19. The normalized spacial score (nSPS) is 13.9. The van der Waals surface area contributed by atoms with Crippen LogP contribution in [0.1, 0.15) is 5.56 Å². The summed E-state index contributed by atoms with van der Waals surface area (Å²) in [5, 5.41) is 8.16. The average Bonchev–Trinajstić information content (AvgIpc) is 2.89. The zero-order valence-corrected chi connectivity index (χ0v) is 14.3. The maximum Gasteiger partial charge on any atom is 0.317 e. The summed E-state index contributed by atoms with van der Waals surface area (Å²) in [4.78, 5) is 13.8. The van der Waals surface area contributed by atoms with Crippen LogP contribution in [-0.4, -0.2) is 40.9 Å². The molecule has 0 bridgehead atoms. The molecule has 1 aliphatic rings. The third-order valence-electron chi connectivity index (χ3n) is 4.61. The third kappa shape index (κ3) is 2.69. The van der Waals surface area contributed by atoms with Crippen LogP contribution >= 0.6 is 0 Å². The van der Waals surface area contributed by atoms with Gasteiger partial charge >= 0.3 is 6.03 Å². The Morgan fingerprint density at radius 2 is 2.16 bits per heavy atom. The van der Waals surface area contributed by atoms with Crippen molar-refractivity contribution < 1.29 is 9.53 Å². The molecule has 6 heteroatoms. The molecule has 1 N–H and O–H groups in total. The average molecular weight is 336 g/mol. The second kappa shape index (κ2) is 6.12. The maximum atomic E-state index is 12.0. The fraction of sp³-hybridized carbons (Fsp3) is 0.263. The van der Waals surface area contributed by atoms with Gasteiger partial charge in [-0.3, -0.25) is 4.68 Å². The first-order chi connectivity index (χ1) is 12.2. The van der Waals surface area contributed by atoms with Crippen molar-refractivity contribution >= 4 is 16.9 Å². The number of aryl methyl sites for hydroxylation is 1. The summed E-state index contributed by atoms with van der Waals surface area (Å²) >= 11 is 0. The largest absolute Gasteiger partial charge is 0.491 e. The molecule has 0 aliphatic carbocycles. The number of aromatic nitrogens is 2. The van der Waals surface area contributed by atoms with Crippen LogP contribution < -0.4 is 10.1 Å². The van der Waals surface area contributed by atoms with E-state index in [0.29, 0.717) is 19.7 Å². The molecule has 0 saturated heterocycles. The van der Waals surface area contributed by atoms with Crippen LogP contribution in [0.4, 0.5) is 4.79 Å². The second-order valence-electron chi connectivity index (χ2n) is 6.16. The highest BCUT2D eigenvalue weighted by Gasteiger charge is 2.20. The standard InChI is InChI=1S/C19H20N4O2/c1-20-19(24)23-8-9-25-17-7-6-13(10-15(17)12-23)16-5-3-4-14-11-21-22(2)18(14)16/h3-7,10-11H,8-9,12H2,1-2H3,(H,20,24). The van der Waals surface area contributed by atoms with Crippen molar-refractivity contribution in [2.24, 2.45) is 7.05 Å². The molecule has 1 aromatic heterocycles. The molecule has 25 heavy (non-hydrogen) atoms. The Balaban J connectivity index is 1.79. The number of benzene rings is 2. The number of hydrogen-bond acceptors (Lipinski definition) is 3. The molecular formula is C19H20N4O2. The van der Waals surface area contributed by atoms with Gasteiger partial charge in [0.25, 0.3) is 0 Å². The van der Waals surface area contributed by atoms with Crippen molar-refractivity contribution in [2.75, 3.05) is 20.2 Å². The van der Waals surface area contributed by atoms with E-state index < -0.39 is 0 Å². The fourth-order valence-electron chi connectivity index (χ4n) is 3.36. The first kappa shape index (κ1) is 15.5. The predicted octanol–water partition coefficient (Wildman–Crippen LogP) is 2.77. The summed E-state index contributed by atoms with van der Waals surface area (Å²) < 4.78 is 7.71. The lowest BCUT2D eigenvalue weighted by Crippen LogP contribution is -2.38. The molecule has 0 saturated carbocycles. The first-order valence-electron chi connectivity index (χ1n) is 8.31. The quantitative estimate of drug-likeness (QED) is 0.743. The topological polar surface area (TPSA) is 59.4 Å². The first-order valence-corrected chi connectivity index (χ1v) is 8.31. The van der Waals surface area contributed by atoms with Gasteiger partial charge in [0, 0.05) is 30.6 Å². The Morgan fingerprint density at radius 1 is 1.28 bits per heavy atom. The number of hydrogen-bond donors (Lipinski definition) is 1. The lowest BCUT2D eigenvalue weighted by atomic mass is 10.00. The predicted molar refractivity (Wildman–Crippen MR) is 96.5 cm³/mol. The minimum Gasteiger partial charge on any atom is -0.491 e. The Kier molecular flexibility index (Phi) is 3.80. The van der Waals surface area contributed by atoms with Crippen molar-refractivity contribution in [1.29, 1.82) is 0 Å². The highest BCUT2D eigenvalue weighted by Crippen LogP contribution is 2.33. The highest BCUT2D eigenvalue weighted by atomic mass is 16.5. The van der Waals surface area contributed by atoms with Crippen LogP contribution in [0.25, 0.3) is 22.0 Å². The number of nitrogens with one attached hydrogen (secondary N) is 1. The van der Waals surface area contributed by atoms with Crippen molar-refractivity contribution in [2.45, 2.75) is 6.54 Å². The number of rotatable bonds is 1. The molecule has 3 aromatic rings. The van der Waals surface area contributed by atoms with Gasteiger partial charge in [-0.25, -0.2) is 4.79 Å². The van der Waals surface area contributed by atoms with Crippen LogP contribution in [0, 0.1) is 0 Å². The molecule has 0 fully saturated rings. The van der Waals surface area contributed by atoms with Crippen LogP contribution in [0.3, 0.4) is 0 Å². The van der Waals surface area contributed by atoms with Gasteiger partial charge in [-0.1, -0.05) is 24.3 Å². The third-order valence-corrected chi connectivity index (χ3v) is 4.61. The molecule has 0 spiro atoms. The minimum atomic E-state index is -0.0874. The van der Waals surface area contributed by atoms with Crippen LogP contribution in [-0.2, 0) is 13.6 Å². The number of carbonyl (C=O) groups is 1. The van der Waals surface area contributed by atoms with Gasteiger partial charge in [0.2, 0.25) is 0 Å². The molecule has 2 amide bonds. The molecule has 1 aliphatic heterocycles. The van der Waals surface area contributed by atoms with Crippen LogP contribution in [0.2, 0.25) is 0 Å². The van der Waals surface area contributed by atoms with Gasteiger partial charge in [-0.05, 0) is 17.7 Å². The maximum absolute atomic E-state index is 12.0. The Bertz CT molecular complexity index is 948. The minimum absolute atomic E-state index is 0.0874. The molecule has 128 valence electrons. The number of para-hydroxylation sites is 1. The molecule has 6 nitrogen and oxygen atoms in total. The van der Waals surface area contributed by atoms with Gasteiger partial charge in [-0.2, -0.15) is 5.10 Å². The van der Waals surface area contributed by atoms with Gasteiger partial charge in [0.1, 0.15) is 12.4 Å². The summed E-state index contributed by atoms with van der Waals surface area (Å²) in [6.07, 6.45) is 1.87. The van der Waals surface area contributed by atoms with E-state index in [0.717, 1.165) is 33.3 Å². The number of fused-ring (bicyclic) bond motifs is 2. The van der Waals surface area contributed by atoms with Gasteiger partial charge in [0.15, 0.2) is 0 Å². The van der Waals surface area contributed by atoms with Gasteiger partial charge in [-0.15, -0.1) is 0 Å². The molecule has 2 aromatic carbocycles. The molecule has 0 atom stereocenters. The smallest absolute Gasteiger partial charge is 0.317 e. The summed E-state index contributed by atoms with van der Waals surface area (Å²) in [6, 6.07) is 12.3. The highest BCUT2D eigenvalue weighted by molar-refractivity contribution is 5.94. The van der Waals surface area contributed by atoms with E-state index in [9.17, 15) is 4.79 Å². The van der Waals surface area contributed by atoms with E-state index >= 15 is 0 Å². The van der Waals surface area contributed by atoms with E-state index in [1.165, 1.54) is 0 Å². The molecule has 2 heterocycles. The van der Waals surface area contributed by atoms with E-state index in [1.54, 1.807) is 11.9 Å². The van der Waals surface area contributed by atoms with E-state index in [2.05, 4.69) is 34.7 Å². The van der Waals surface area contributed by atoms with E-state index in [1.807, 2.05) is 30.1 Å². The number of urea groups is 1. The molecule has 4 rings (SSSR count). The SMILES string of the molecule is CNC(=O)N1CCOc2ccc(-c3cccc4cnn(C)c34)cc2C1. The number of carbonyl (C=O) groups excluding carboxylic acids is 1. The van der Waals surface area contributed by atoms with Crippen molar-refractivity contribution in [1.82, 2.24) is 20.0 Å². The lowest BCUT2D eigenvalue weighted by molar-refractivity contribution is 0.190. The monoisotopic (exact) mass is 336 g/mol. The fourth-order valence-corrected chi connectivity index (χ4v) is 3.36. The summed E-state index contributed by atoms with van der Waals surface area (Å²) in [6.45, 7) is 1.60. The van der Waals surface area contributed by atoms with Crippen molar-refractivity contribution in [3.8, 4) is 16.9 Å². The molecule has 0 unspecified atom stereocenters. The Labute approximate surface area is 146 Å². The summed E-state index contributed by atoms with van der Waals surface area (Å²) in [5.74, 6) is 0.840. The Morgan fingerprint density at radius 3 is 3.00 bits per heavy atom. The molecule has 0 radical (unpaired) electrons. The van der Waals surface area contributed by atoms with Crippen LogP contribution in [0.15, 0.2) is 42.6 Å². The number of amides is 2. The second-order valence-corrected chi connectivity index (χ2v) is 6.16. The summed E-state index contributed by atoms with van der Waals surface area (Å²) in [5.41, 5.74) is 4.32.